The highest BCUT2D eigenvalue weighted by Crippen LogP contribution is 2.42. The molecule has 1 aromatic heterocycles. The molecule has 22 heavy (non-hydrogen) atoms. The van der Waals surface area contributed by atoms with E-state index < -0.39 is 0 Å². The van der Waals surface area contributed by atoms with Gasteiger partial charge in [0.25, 0.3) is 0 Å². The van der Waals surface area contributed by atoms with E-state index in [-0.39, 0.29) is 19.3 Å². The number of nitrogens with one attached hydrogen (secondary N) is 1. The molecule has 8 nitrogen and oxygen atoms in total. The van der Waals surface area contributed by atoms with Gasteiger partial charge in [0.15, 0.2) is 11.5 Å². The van der Waals surface area contributed by atoms with Crippen LogP contribution in [0, 0.1) is 0 Å². The molecule has 1 aliphatic heterocycles. The minimum atomic E-state index is -0.00736. The Morgan fingerprint density at radius 2 is 2.05 bits per heavy atom. The van der Waals surface area contributed by atoms with Crippen LogP contribution in [-0.2, 0) is 0 Å². The van der Waals surface area contributed by atoms with Gasteiger partial charge in [-0.3, -0.25) is 0 Å². The maximum absolute atomic E-state index is 8.88. The Kier molecular flexibility index (Phi) is 3.84. The number of aliphatic hydroxyl groups is 1. The third kappa shape index (κ3) is 2.68. The summed E-state index contributed by atoms with van der Waals surface area (Å²) in [6.07, 6.45) is 0. The molecule has 0 bridgehead atoms. The summed E-state index contributed by atoms with van der Waals surface area (Å²) in [6.45, 7) is 0.540. The molecule has 3 rings (SSSR count). The number of methoxy groups -OCH3 is 1. The Labute approximate surface area is 126 Å². The van der Waals surface area contributed by atoms with Crippen LogP contribution >= 0.6 is 0 Å². The monoisotopic (exact) mass is 304 g/mol. The van der Waals surface area contributed by atoms with Crippen LogP contribution in [0.2, 0.25) is 0 Å². The number of benzene rings is 1. The van der Waals surface area contributed by atoms with Crippen LogP contribution in [0.5, 0.6) is 17.2 Å². The molecule has 0 aliphatic carbocycles. The van der Waals surface area contributed by atoms with Crippen molar-refractivity contribution in [2.24, 2.45) is 0 Å². The van der Waals surface area contributed by atoms with Crippen LogP contribution in [0.1, 0.15) is 0 Å². The van der Waals surface area contributed by atoms with Crippen LogP contribution in [0.25, 0.3) is 11.3 Å². The molecule has 0 fully saturated rings. The second kappa shape index (κ2) is 5.94. The van der Waals surface area contributed by atoms with Gasteiger partial charge in [-0.25, -0.2) is 4.98 Å². The minimum absolute atomic E-state index is 0.00736. The van der Waals surface area contributed by atoms with Crippen molar-refractivity contribution in [2.75, 3.05) is 38.1 Å². The number of nitrogens with zero attached hydrogens (tertiary/aromatic N) is 2. The predicted octanol–water partition coefficient (Wildman–Crippen LogP) is 0.867. The number of aromatic nitrogens is 2. The van der Waals surface area contributed by atoms with E-state index in [2.05, 4.69) is 15.3 Å². The fraction of sp³-hybridized carbons (Fsp3) is 0.286. The highest BCUT2D eigenvalue weighted by Gasteiger charge is 2.20. The lowest BCUT2D eigenvalue weighted by Gasteiger charge is -2.11. The normalized spacial score (nSPS) is 12.3. The van der Waals surface area contributed by atoms with Gasteiger partial charge >= 0.3 is 0 Å². The van der Waals surface area contributed by atoms with Crippen molar-refractivity contribution >= 4 is 11.8 Å². The maximum atomic E-state index is 8.88. The smallest absolute Gasteiger partial charge is 0.231 e. The minimum Gasteiger partial charge on any atom is -0.496 e. The number of nitrogens with two attached hydrogens (primary N) is 1. The van der Waals surface area contributed by atoms with Crippen molar-refractivity contribution < 1.29 is 19.3 Å². The average molecular weight is 304 g/mol. The molecule has 0 unspecified atom stereocenters. The van der Waals surface area contributed by atoms with Crippen LogP contribution in [0.3, 0.4) is 0 Å². The van der Waals surface area contributed by atoms with Gasteiger partial charge in [0.05, 0.1) is 19.4 Å². The highest BCUT2D eigenvalue weighted by molar-refractivity contribution is 5.74. The van der Waals surface area contributed by atoms with E-state index in [1.54, 1.807) is 25.3 Å². The van der Waals surface area contributed by atoms with Gasteiger partial charge in [0.2, 0.25) is 12.7 Å². The van der Waals surface area contributed by atoms with Crippen LogP contribution in [-0.4, -0.2) is 42.1 Å². The summed E-state index contributed by atoms with van der Waals surface area (Å²) in [5, 5.41) is 11.8. The number of anilines is 2. The molecule has 0 radical (unpaired) electrons. The van der Waals surface area contributed by atoms with Crippen LogP contribution in [0.15, 0.2) is 18.2 Å². The van der Waals surface area contributed by atoms with Gasteiger partial charge in [-0.1, -0.05) is 0 Å². The van der Waals surface area contributed by atoms with Gasteiger partial charge in [0, 0.05) is 24.2 Å². The van der Waals surface area contributed by atoms with Crippen molar-refractivity contribution in [1.82, 2.24) is 9.97 Å². The fourth-order valence-corrected chi connectivity index (χ4v) is 2.17. The molecule has 2 aromatic rings. The molecular formula is C14H16N4O4. The predicted molar refractivity (Wildman–Crippen MR) is 80.1 cm³/mol. The van der Waals surface area contributed by atoms with Crippen molar-refractivity contribution in [1.29, 1.82) is 0 Å². The summed E-state index contributed by atoms with van der Waals surface area (Å²) in [6, 6.07) is 5.27. The molecule has 0 atom stereocenters. The molecule has 0 amide bonds. The van der Waals surface area contributed by atoms with Crippen molar-refractivity contribution in [3.8, 4) is 28.5 Å². The lowest BCUT2D eigenvalue weighted by atomic mass is 10.1. The third-order valence-electron chi connectivity index (χ3n) is 3.13. The first-order valence-corrected chi connectivity index (χ1v) is 6.68. The van der Waals surface area contributed by atoms with Gasteiger partial charge in [-0.05, 0) is 6.07 Å². The Bertz CT molecular complexity index is 693. The van der Waals surface area contributed by atoms with Crippen molar-refractivity contribution in [2.45, 2.75) is 0 Å². The molecule has 116 valence electrons. The quantitative estimate of drug-likeness (QED) is 0.746. The van der Waals surface area contributed by atoms with Crippen LogP contribution < -0.4 is 25.3 Å². The number of fused-ring (bicyclic) bond motifs is 1. The SMILES string of the molecule is COc1cc2c(cc1-c1cc(NCCO)nc(N)n1)OCO2. The van der Waals surface area contributed by atoms with E-state index in [1.165, 1.54) is 0 Å². The standard InChI is InChI=1S/C14H16N4O4/c1-20-10-6-12-11(21-7-22-12)4-8(10)9-5-13(16-2-3-19)18-14(15)17-9/h4-6,19H,2-3,7H2,1H3,(H3,15,16,17,18). The Morgan fingerprint density at radius 3 is 2.77 bits per heavy atom. The Hall–Kier alpha value is -2.74. The summed E-state index contributed by atoms with van der Waals surface area (Å²) < 4.78 is 16.1. The molecule has 8 heteroatoms. The molecular weight excluding hydrogens is 288 g/mol. The molecule has 0 saturated carbocycles. The van der Waals surface area contributed by atoms with E-state index in [0.29, 0.717) is 40.9 Å². The summed E-state index contributed by atoms with van der Waals surface area (Å²) in [5.74, 6) is 2.49. The van der Waals surface area contributed by atoms with Crippen LogP contribution in [0.4, 0.5) is 11.8 Å². The summed E-state index contributed by atoms with van der Waals surface area (Å²) >= 11 is 0. The topological polar surface area (TPSA) is 112 Å². The zero-order chi connectivity index (χ0) is 15.5. The number of nitrogen functional groups attached to an aromatic ring is 1. The highest BCUT2D eigenvalue weighted by atomic mass is 16.7. The number of rotatable bonds is 5. The second-order valence-electron chi connectivity index (χ2n) is 4.55. The zero-order valence-electron chi connectivity index (χ0n) is 12.0. The molecule has 0 saturated heterocycles. The largest absolute Gasteiger partial charge is 0.496 e. The first-order chi connectivity index (χ1) is 10.7. The van der Waals surface area contributed by atoms with E-state index in [0.717, 1.165) is 0 Å². The molecule has 1 aromatic carbocycles. The van der Waals surface area contributed by atoms with E-state index in [4.69, 9.17) is 25.1 Å². The fourth-order valence-electron chi connectivity index (χ4n) is 2.17. The van der Waals surface area contributed by atoms with Crippen molar-refractivity contribution in [3.63, 3.8) is 0 Å². The maximum Gasteiger partial charge on any atom is 0.231 e. The zero-order valence-corrected chi connectivity index (χ0v) is 12.0. The number of hydrogen-bond donors (Lipinski definition) is 3. The molecule has 1 aliphatic rings. The van der Waals surface area contributed by atoms with Gasteiger partial charge in [-0.15, -0.1) is 0 Å². The van der Waals surface area contributed by atoms with E-state index >= 15 is 0 Å². The third-order valence-corrected chi connectivity index (χ3v) is 3.13. The van der Waals surface area contributed by atoms with Gasteiger partial charge in [-0.2, -0.15) is 4.98 Å². The molecule has 2 heterocycles. The lowest BCUT2D eigenvalue weighted by Crippen LogP contribution is -2.09. The summed E-state index contributed by atoms with van der Waals surface area (Å²) in [4.78, 5) is 8.31. The first-order valence-electron chi connectivity index (χ1n) is 6.68. The average Bonchev–Trinajstić information content (AvgIpc) is 2.98. The van der Waals surface area contributed by atoms with Gasteiger partial charge < -0.3 is 30.4 Å². The van der Waals surface area contributed by atoms with Crippen molar-refractivity contribution in [3.05, 3.63) is 18.2 Å². The summed E-state index contributed by atoms with van der Waals surface area (Å²) in [7, 11) is 1.57. The first kappa shape index (κ1) is 14.2. The van der Waals surface area contributed by atoms with Gasteiger partial charge in [0.1, 0.15) is 11.6 Å². The lowest BCUT2D eigenvalue weighted by molar-refractivity contribution is 0.174. The Balaban J connectivity index is 2.04. The summed E-state index contributed by atoms with van der Waals surface area (Å²) in [5.41, 5.74) is 7.05. The second-order valence-corrected chi connectivity index (χ2v) is 4.55. The number of ether oxygens (including phenoxy) is 3. The van der Waals surface area contributed by atoms with E-state index in [1.807, 2.05) is 0 Å². The molecule has 0 spiro atoms. The number of hydrogen-bond acceptors (Lipinski definition) is 8. The molecule has 4 N–H and O–H groups in total. The number of aliphatic hydroxyl groups excluding tert-OH is 1. The Morgan fingerprint density at radius 1 is 1.27 bits per heavy atom. The van der Waals surface area contributed by atoms with E-state index in [9.17, 15) is 0 Å².